The van der Waals surface area contributed by atoms with Crippen LogP contribution in [-0.4, -0.2) is 34.8 Å². The second-order valence-electron chi connectivity index (χ2n) is 6.23. The zero-order valence-corrected chi connectivity index (χ0v) is 15.5. The standard InChI is InChI=1S/C21H21N5O2/c1-27-17-4-2-3-14(11-17)18-12-26(21-19(18)20(23)24-13-25-21)15-5-7-16(8-6-15)28-10-9-22/h2-8,11-13H,9-10,22H2,1H3,(H2,23,24,25). The van der Waals surface area contributed by atoms with Gasteiger partial charge in [-0.1, -0.05) is 12.1 Å². The largest absolute Gasteiger partial charge is 0.497 e. The first kappa shape index (κ1) is 17.8. The summed E-state index contributed by atoms with van der Waals surface area (Å²) in [6.45, 7) is 0.958. The normalized spacial score (nSPS) is 10.9. The number of anilines is 1. The Balaban J connectivity index is 1.85. The molecule has 2 aromatic carbocycles. The van der Waals surface area contributed by atoms with E-state index in [4.69, 9.17) is 20.9 Å². The second-order valence-corrected chi connectivity index (χ2v) is 6.23. The Kier molecular flexibility index (Phi) is 4.82. The number of nitrogens with zero attached hydrogens (tertiary/aromatic N) is 3. The monoisotopic (exact) mass is 375 g/mol. The highest BCUT2D eigenvalue weighted by Crippen LogP contribution is 2.35. The molecule has 4 rings (SSSR count). The summed E-state index contributed by atoms with van der Waals surface area (Å²) in [5.74, 6) is 1.98. The van der Waals surface area contributed by atoms with Crippen LogP contribution in [0.5, 0.6) is 11.5 Å². The van der Waals surface area contributed by atoms with Crippen molar-refractivity contribution in [1.82, 2.24) is 14.5 Å². The number of benzene rings is 2. The van der Waals surface area contributed by atoms with E-state index in [9.17, 15) is 0 Å². The summed E-state index contributed by atoms with van der Waals surface area (Å²) in [5, 5.41) is 0.805. The Morgan fingerprint density at radius 3 is 2.61 bits per heavy atom. The van der Waals surface area contributed by atoms with Gasteiger partial charge in [-0.15, -0.1) is 0 Å². The third-order valence-corrected chi connectivity index (χ3v) is 4.49. The Morgan fingerprint density at radius 1 is 1.04 bits per heavy atom. The molecule has 0 aliphatic heterocycles. The number of methoxy groups -OCH3 is 1. The molecule has 0 bridgehead atoms. The first-order valence-corrected chi connectivity index (χ1v) is 8.90. The molecule has 2 heterocycles. The molecule has 7 heteroatoms. The molecule has 0 radical (unpaired) electrons. The topological polar surface area (TPSA) is 101 Å². The van der Waals surface area contributed by atoms with Gasteiger partial charge in [-0.3, -0.25) is 0 Å². The first-order chi connectivity index (χ1) is 13.7. The van der Waals surface area contributed by atoms with Gasteiger partial charge in [0.2, 0.25) is 0 Å². The Bertz CT molecular complexity index is 1110. The third kappa shape index (κ3) is 3.23. The average Bonchev–Trinajstić information content (AvgIpc) is 3.14. The molecule has 0 saturated heterocycles. The van der Waals surface area contributed by atoms with Crippen molar-refractivity contribution in [3.63, 3.8) is 0 Å². The zero-order valence-electron chi connectivity index (χ0n) is 15.5. The molecule has 0 unspecified atom stereocenters. The van der Waals surface area contributed by atoms with Crippen LogP contribution in [0.15, 0.2) is 61.1 Å². The van der Waals surface area contributed by atoms with Crippen LogP contribution in [0.1, 0.15) is 0 Å². The molecule has 0 atom stereocenters. The number of aromatic nitrogens is 3. The van der Waals surface area contributed by atoms with Crippen LogP contribution in [0.25, 0.3) is 27.8 Å². The number of nitrogen functional groups attached to an aromatic ring is 1. The Labute approximate surface area is 162 Å². The van der Waals surface area contributed by atoms with E-state index in [1.165, 1.54) is 6.33 Å². The van der Waals surface area contributed by atoms with Crippen molar-refractivity contribution in [3.8, 4) is 28.3 Å². The van der Waals surface area contributed by atoms with E-state index in [0.29, 0.717) is 19.0 Å². The molecule has 7 nitrogen and oxygen atoms in total. The minimum atomic E-state index is 0.435. The van der Waals surface area contributed by atoms with E-state index >= 15 is 0 Å². The van der Waals surface area contributed by atoms with Gasteiger partial charge in [-0.25, -0.2) is 9.97 Å². The maximum atomic E-state index is 6.21. The molecule has 0 spiro atoms. The van der Waals surface area contributed by atoms with Crippen LogP contribution < -0.4 is 20.9 Å². The Hall–Kier alpha value is -3.58. The summed E-state index contributed by atoms with van der Waals surface area (Å²) in [4.78, 5) is 8.65. The van der Waals surface area contributed by atoms with Crippen molar-refractivity contribution in [2.45, 2.75) is 0 Å². The fraction of sp³-hybridized carbons (Fsp3) is 0.143. The molecule has 0 amide bonds. The van der Waals surface area contributed by atoms with E-state index in [0.717, 1.165) is 39.3 Å². The second kappa shape index (κ2) is 7.58. The number of hydrogen-bond acceptors (Lipinski definition) is 6. The van der Waals surface area contributed by atoms with E-state index in [1.807, 2.05) is 59.3 Å². The van der Waals surface area contributed by atoms with Crippen molar-refractivity contribution in [1.29, 1.82) is 0 Å². The van der Waals surface area contributed by atoms with E-state index < -0.39 is 0 Å². The summed E-state index contributed by atoms with van der Waals surface area (Å²) < 4.78 is 12.9. The number of fused-ring (bicyclic) bond motifs is 1. The highest BCUT2D eigenvalue weighted by Gasteiger charge is 2.16. The van der Waals surface area contributed by atoms with E-state index in [-0.39, 0.29) is 0 Å². The van der Waals surface area contributed by atoms with Crippen LogP contribution >= 0.6 is 0 Å². The number of hydrogen-bond donors (Lipinski definition) is 2. The maximum absolute atomic E-state index is 6.21. The first-order valence-electron chi connectivity index (χ1n) is 8.90. The summed E-state index contributed by atoms with van der Waals surface area (Å²) >= 11 is 0. The van der Waals surface area contributed by atoms with Crippen molar-refractivity contribution in [2.75, 3.05) is 26.0 Å². The lowest BCUT2D eigenvalue weighted by Crippen LogP contribution is -2.10. The molecule has 4 N–H and O–H groups in total. The molecular weight excluding hydrogens is 354 g/mol. The molecule has 0 aliphatic rings. The summed E-state index contributed by atoms with van der Waals surface area (Å²) in [5.41, 5.74) is 15.3. The lowest BCUT2D eigenvalue weighted by atomic mass is 10.1. The Morgan fingerprint density at radius 2 is 1.86 bits per heavy atom. The fourth-order valence-corrected chi connectivity index (χ4v) is 3.17. The van der Waals surface area contributed by atoms with Gasteiger partial charge in [0.25, 0.3) is 0 Å². The van der Waals surface area contributed by atoms with Gasteiger partial charge in [0, 0.05) is 24.0 Å². The SMILES string of the molecule is COc1cccc(-c2cn(-c3ccc(OCCN)cc3)c3ncnc(N)c23)c1. The van der Waals surface area contributed by atoms with Crippen molar-refractivity contribution in [2.24, 2.45) is 5.73 Å². The number of nitrogens with two attached hydrogens (primary N) is 2. The molecule has 28 heavy (non-hydrogen) atoms. The molecular formula is C21H21N5O2. The van der Waals surface area contributed by atoms with Crippen LogP contribution in [-0.2, 0) is 0 Å². The molecule has 4 aromatic rings. The highest BCUT2D eigenvalue weighted by molar-refractivity contribution is 6.01. The van der Waals surface area contributed by atoms with Gasteiger partial charge in [0.15, 0.2) is 5.65 Å². The van der Waals surface area contributed by atoms with Crippen molar-refractivity contribution in [3.05, 3.63) is 61.1 Å². The van der Waals surface area contributed by atoms with Gasteiger partial charge in [-0.2, -0.15) is 0 Å². The quantitative estimate of drug-likeness (QED) is 0.537. The van der Waals surface area contributed by atoms with Crippen LogP contribution in [0.2, 0.25) is 0 Å². The average molecular weight is 375 g/mol. The molecule has 2 aromatic heterocycles. The summed E-state index contributed by atoms with van der Waals surface area (Å²) in [6, 6.07) is 15.6. The van der Waals surface area contributed by atoms with Gasteiger partial charge in [0.1, 0.15) is 30.3 Å². The van der Waals surface area contributed by atoms with Gasteiger partial charge < -0.3 is 25.5 Å². The van der Waals surface area contributed by atoms with Gasteiger partial charge in [-0.05, 0) is 42.0 Å². The fourth-order valence-electron chi connectivity index (χ4n) is 3.17. The molecule has 142 valence electrons. The minimum absolute atomic E-state index is 0.435. The predicted octanol–water partition coefficient (Wildman–Crippen LogP) is 3.02. The highest BCUT2D eigenvalue weighted by atomic mass is 16.5. The number of ether oxygens (including phenoxy) is 2. The maximum Gasteiger partial charge on any atom is 0.150 e. The van der Waals surface area contributed by atoms with E-state index in [2.05, 4.69) is 9.97 Å². The summed E-state index contributed by atoms with van der Waals surface area (Å²) in [7, 11) is 1.65. The number of rotatable bonds is 6. The smallest absolute Gasteiger partial charge is 0.150 e. The van der Waals surface area contributed by atoms with E-state index in [1.54, 1.807) is 7.11 Å². The molecule has 0 saturated carbocycles. The van der Waals surface area contributed by atoms with Crippen molar-refractivity contribution < 1.29 is 9.47 Å². The molecule has 0 fully saturated rings. The predicted molar refractivity (Wildman–Crippen MR) is 110 cm³/mol. The van der Waals surface area contributed by atoms with Crippen LogP contribution in [0.3, 0.4) is 0 Å². The van der Waals surface area contributed by atoms with Crippen LogP contribution in [0, 0.1) is 0 Å². The summed E-state index contributed by atoms with van der Waals surface area (Å²) in [6.07, 6.45) is 3.49. The van der Waals surface area contributed by atoms with Gasteiger partial charge in [0.05, 0.1) is 12.5 Å². The zero-order chi connectivity index (χ0) is 19.5. The lowest BCUT2D eigenvalue weighted by molar-refractivity contribution is 0.328. The molecule has 0 aliphatic carbocycles. The van der Waals surface area contributed by atoms with Crippen LogP contribution in [0.4, 0.5) is 5.82 Å². The van der Waals surface area contributed by atoms with Crippen molar-refractivity contribution >= 4 is 16.9 Å². The third-order valence-electron chi connectivity index (χ3n) is 4.49. The lowest BCUT2D eigenvalue weighted by Gasteiger charge is -2.07. The minimum Gasteiger partial charge on any atom is -0.497 e. The van der Waals surface area contributed by atoms with Gasteiger partial charge >= 0.3 is 0 Å².